The lowest BCUT2D eigenvalue weighted by molar-refractivity contribution is 0.101. The van der Waals surface area contributed by atoms with Crippen LogP contribution in [0.25, 0.3) is 0 Å². The molecule has 0 radical (unpaired) electrons. The number of rotatable bonds is 5. The van der Waals surface area contributed by atoms with Crippen molar-refractivity contribution in [2.75, 3.05) is 12.3 Å². The van der Waals surface area contributed by atoms with Crippen LogP contribution in [0.1, 0.15) is 26.3 Å². The maximum absolute atomic E-state index is 11.4. The largest absolute Gasteiger partial charge is 0.465 e. The number of carbonyl (C=O) groups is 1. The van der Waals surface area contributed by atoms with Gasteiger partial charge in [0.2, 0.25) is 5.88 Å². The van der Waals surface area contributed by atoms with E-state index < -0.39 is 11.6 Å². The second-order valence-electron chi connectivity index (χ2n) is 6.50. The normalized spacial score (nSPS) is 11.1. The summed E-state index contributed by atoms with van der Waals surface area (Å²) in [6.45, 7) is 6.05. The molecule has 24 heavy (non-hydrogen) atoms. The third kappa shape index (κ3) is 4.62. The monoisotopic (exact) mass is 329 g/mol. The van der Waals surface area contributed by atoms with E-state index in [0.717, 1.165) is 5.56 Å². The molecule has 3 N–H and O–H groups in total. The molecule has 0 saturated heterocycles. The fraction of sp³-hybridized carbons (Fsp3) is 0.333. The van der Waals surface area contributed by atoms with E-state index >= 15 is 0 Å². The lowest BCUT2D eigenvalue weighted by Crippen LogP contribution is -2.45. The van der Waals surface area contributed by atoms with Gasteiger partial charge in [0.05, 0.1) is 5.69 Å². The Kier molecular flexibility index (Phi) is 5.28. The third-order valence-corrected chi connectivity index (χ3v) is 3.58. The van der Waals surface area contributed by atoms with E-state index in [2.05, 4.69) is 4.98 Å². The highest BCUT2D eigenvalue weighted by atomic mass is 16.5. The maximum Gasteiger partial charge on any atom is 0.407 e. The van der Waals surface area contributed by atoms with Gasteiger partial charge in [-0.25, -0.2) is 9.78 Å². The summed E-state index contributed by atoms with van der Waals surface area (Å²) in [5, 5.41) is 9.35. The number of hydrogen-bond acceptors (Lipinski definition) is 4. The van der Waals surface area contributed by atoms with Crippen LogP contribution in [0.3, 0.4) is 0 Å². The van der Waals surface area contributed by atoms with E-state index in [4.69, 9.17) is 10.5 Å². The Labute approximate surface area is 141 Å². The highest BCUT2D eigenvalue weighted by molar-refractivity contribution is 5.66. The summed E-state index contributed by atoms with van der Waals surface area (Å²) in [5.41, 5.74) is 6.83. The summed E-state index contributed by atoms with van der Waals surface area (Å²) in [4.78, 5) is 16.9. The molecule has 2 aromatic rings. The minimum Gasteiger partial charge on any atom is -0.465 e. The zero-order valence-corrected chi connectivity index (χ0v) is 14.2. The molecule has 128 valence electrons. The minimum atomic E-state index is -0.920. The molecule has 0 fully saturated rings. The molecular weight excluding hydrogens is 306 g/mol. The van der Waals surface area contributed by atoms with Crippen LogP contribution >= 0.6 is 0 Å². The van der Waals surface area contributed by atoms with Crippen LogP contribution in [-0.4, -0.2) is 33.2 Å². The molecule has 0 unspecified atom stereocenters. The van der Waals surface area contributed by atoms with Gasteiger partial charge in [0.15, 0.2) is 0 Å². The van der Waals surface area contributed by atoms with Gasteiger partial charge >= 0.3 is 6.09 Å². The van der Waals surface area contributed by atoms with Gasteiger partial charge in [-0.05, 0) is 57.0 Å². The lowest BCUT2D eigenvalue weighted by Gasteiger charge is -2.33. The fourth-order valence-corrected chi connectivity index (χ4v) is 2.32. The molecule has 0 aliphatic heterocycles. The Bertz CT molecular complexity index is 711. The van der Waals surface area contributed by atoms with Crippen LogP contribution in [-0.2, 0) is 6.42 Å². The predicted molar refractivity (Wildman–Crippen MR) is 93.4 cm³/mol. The first kappa shape index (κ1) is 17.6. The van der Waals surface area contributed by atoms with Crippen molar-refractivity contribution < 1.29 is 14.6 Å². The van der Waals surface area contributed by atoms with E-state index in [0.29, 0.717) is 30.3 Å². The minimum absolute atomic E-state index is 0.358. The topological polar surface area (TPSA) is 88.7 Å². The van der Waals surface area contributed by atoms with Crippen molar-refractivity contribution >= 4 is 11.8 Å². The quantitative estimate of drug-likeness (QED) is 0.871. The Hall–Kier alpha value is -2.76. The molecule has 0 saturated carbocycles. The fourth-order valence-electron chi connectivity index (χ4n) is 2.32. The summed E-state index contributed by atoms with van der Waals surface area (Å²) in [5.74, 6) is 0.979. The Morgan fingerprint density at radius 3 is 2.67 bits per heavy atom. The number of pyridine rings is 1. The molecule has 0 spiro atoms. The maximum atomic E-state index is 11.4. The third-order valence-electron chi connectivity index (χ3n) is 3.58. The van der Waals surface area contributed by atoms with Gasteiger partial charge < -0.3 is 20.5 Å². The van der Waals surface area contributed by atoms with Gasteiger partial charge in [0.1, 0.15) is 5.75 Å². The predicted octanol–water partition coefficient (Wildman–Crippen LogP) is 3.78. The van der Waals surface area contributed by atoms with Crippen LogP contribution in [0.2, 0.25) is 0 Å². The molecule has 1 aromatic heterocycles. The van der Waals surface area contributed by atoms with Crippen LogP contribution in [0.5, 0.6) is 11.6 Å². The van der Waals surface area contributed by atoms with Gasteiger partial charge in [0.25, 0.3) is 0 Å². The van der Waals surface area contributed by atoms with Gasteiger partial charge in [-0.1, -0.05) is 12.1 Å². The van der Waals surface area contributed by atoms with Gasteiger partial charge in [0, 0.05) is 18.3 Å². The number of nitrogens with zero attached hydrogens (tertiary/aromatic N) is 2. The van der Waals surface area contributed by atoms with E-state index in [1.165, 1.54) is 4.90 Å². The molecule has 1 amide bonds. The number of carboxylic acid groups (broad SMARTS) is 1. The molecule has 6 nitrogen and oxygen atoms in total. The number of nitrogen functional groups attached to an aromatic ring is 1. The Morgan fingerprint density at radius 1 is 1.29 bits per heavy atom. The van der Waals surface area contributed by atoms with Gasteiger partial charge in [-0.2, -0.15) is 0 Å². The number of amides is 1. The smallest absolute Gasteiger partial charge is 0.407 e. The van der Waals surface area contributed by atoms with E-state index in [-0.39, 0.29) is 0 Å². The summed E-state index contributed by atoms with van der Waals surface area (Å²) >= 11 is 0. The lowest BCUT2D eigenvalue weighted by atomic mass is 10.0. The van der Waals surface area contributed by atoms with Crippen molar-refractivity contribution in [2.24, 2.45) is 0 Å². The average Bonchev–Trinajstić information content (AvgIpc) is 2.48. The van der Waals surface area contributed by atoms with Crippen molar-refractivity contribution in [2.45, 2.75) is 32.7 Å². The number of aromatic nitrogens is 1. The first-order chi connectivity index (χ1) is 11.3. The molecular formula is C18H23N3O3. The summed E-state index contributed by atoms with van der Waals surface area (Å²) in [6.07, 6.45) is 1.29. The zero-order valence-electron chi connectivity index (χ0n) is 14.2. The van der Waals surface area contributed by atoms with E-state index in [1.807, 2.05) is 45.0 Å². The molecule has 0 bridgehead atoms. The van der Waals surface area contributed by atoms with Crippen LogP contribution in [0, 0.1) is 0 Å². The average molecular weight is 329 g/mol. The standard InChI is InChI=1S/C18H23N3O3/c1-18(2,3)21(17(22)23)11-9-13-6-4-7-14(12-13)24-16-15(19)8-5-10-20-16/h4-8,10,12H,9,11,19H2,1-3H3,(H,22,23). The molecule has 1 heterocycles. The molecule has 0 aliphatic rings. The number of benzene rings is 1. The molecule has 2 rings (SSSR count). The summed E-state index contributed by atoms with van der Waals surface area (Å²) in [7, 11) is 0. The molecule has 1 aromatic carbocycles. The zero-order chi connectivity index (χ0) is 17.7. The van der Waals surface area contributed by atoms with E-state index in [9.17, 15) is 9.90 Å². The second-order valence-corrected chi connectivity index (χ2v) is 6.50. The van der Waals surface area contributed by atoms with Gasteiger partial charge in [-0.3, -0.25) is 0 Å². The SMILES string of the molecule is CC(C)(C)N(CCc1cccc(Oc2ncccc2N)c1)C(=O)O. The van der Waals surface area contributed by atoms with Crippen molar-refractivity contribution in [3.8, 4) is 11.6 Å². The Morgan fingerprint density at radius 2 is 2.04 bits per heavy atom. The number of anilines is 1. The molecule has 0 aliphatic carbocycles. The van der Waals surface area contributed by atoms with Crippen molar-refractivity contribution in [1.82, 2.24) is 9.88 Å². The van der Waals surface area contributed by atoms with Crippen LogP contribution < -0.4 is 10.5 Å². The highest BCUT2D eigenvalue weighted by Gasteiger charge is 2.25. The van der Waals surface area contributed by atoms with Crippen molar-refractivity contribution in [3.63, 3.8) is 0 Å². The van der Waals surface area contributed by atoms with Crippen LogP contribution in [0.15, 0.2) is 42.6 Å². The number of ether oxygens (including phenoxy) is 1. The number of hydrogen-bond donors (Lipinski definition) is 2. The van der Waals surface area contributed by atoms with Gasteiger partial charge in [-0.15, -0.1) is 0 Å². The first-order valence-electron chi connectivity index (χ1n) is 7.75. The molecule has 0 atom stereocenters. The first-order valence-corrected chi connectivity index (χ1v) is 7.75. The van der Waals surface area contributed by atoms with Crippen molar-refractivity contribution in [1.29, 1.82) is 0 Å². The Balaban J connectivity index is 2.08. The highest BCUT2D eigenvalue weighted by Crippen LogP contribution is 2.25. The van der Waals surface area contributed by atoms with Crippen molar-refractivity contribution in [3.05, 3.63) is 48.2 Å². The molecule has 6 heteroatoms. The summed E-state index contributed by atoms with van der Waals surface area (Å²) < 4.78 is 5.71. The second kappa shape index (κ2) is 7.21. The van der Waals surface area contributed by atoms with Crippen LogP contribution in [0.4, 0.5) is 10.5 Å². The number of nitrogens with two attached hydrogens (primary N) is 1. The summed E-state index contributed by atoms with van der Waals surface area (Å²) in [6, 6.07) is 11.0. The van der Waals surface area contributed by atoms with E-state index in [1.54, 1.807) is 18.3 Å².